The lowest BCUT2D eigenvalue weighted by Crippen LogP contribution is -2.47. The average Bonchev–Trinajstić information content (AvgIpc) is 2.55. The molecular formula is C14H23NO2. The molecule has 0 aromatic rings. The molecule has 0 bridgehead atoms. The lowest BCUT2D eigenvalue weighted by molar-refractivity contribution is -0.231. The van der Waals surface area contributed by atoms with Gasteiger partial charge in [-0.3, -0.25) is 0 Å². The minimum atomic E-state index is -0.658. The maximum atomic E-state index is 9.57. The fourth-order valence-electron chi connectivity index (χ4n) is 2.97. The Morgan fingerprint density at radius 3 is 2.53 bits per heavy atom. The van der Waals surface area contributed by atoms with E-state index in [2.05, 4.69) is 26.8 Å². The third-order valence-electron chi connectivity index (χ3n) is 4.85. The summed E-state index contributed by atoms with van der Waals surface area (Å²) in [7, 11) is 0. The first-order valence-corrected chi connectivity index (χ1v) is 6.72. The number of nitrogens with zero attached hydrogens (tertiary/aromatic N) is 1. The molecule has 1 aliphatic carbocycles. The highest BCUT2D eigenvalue weighted by atomic mass is 16.7. The van der Waals surface area contributed by atoms with Crippen molar-refractivity contribution in [3.8, 4) is 6.07 Å². The molecule has 2 fully saturated rings. The second kappa shape index (κ2) is 4.59. The zero-order chi connectivity index (χ0) is 12.5. The molecule has 3 unspecified atom stereocenters. The molecule has 3 nitrogen and oxygen atoms in total. The van der Waals surface area contributed by atoms with Crippen LogP contribution >= 0.6 is 0 Å². The van der Waals surface area contributed by atoms with Crippen LogP contribution in [0.1, 0.15) is 52.9 Å². The first-order valence-electron chi connectivity index (χ1n) is 6.72. The molecule has 2 aliphatic rings. The van der Waals surface area contributed by atoms with E-state index in [9.17, 15) is 5.26 Å². The van der Waals surface area contributed by atoms with E-state index >= 15 is 0 Å². The van der Waals surface area contributed by atoms with Crippen LogP contribution in [0.4, 0.5) is 0 Å². The first kappa shape index (κ1) is 12.9. The minimum absolute atomic E-state index is 0.0947. The quantitative estimate of drug-likeness (QED) is 0.740. The molecule has 0 spiro atoms. The summed E-state index contributed by atoms with van der Waals surface area (Å²) >= 11 is 0. The van der Waals surface area contributed by atoms with Crippen molar-refractivity contribution in [2.24, 2.45) is 11.3 Å². The van der Waals surface area contributed by atoms with E-state index in [0.717, 1.165) is 38.7 Å². The predicted octanol–water partition coefficient (Wildman–Crippen LogP) is 3.25. The monoisotopic (exact) mass is 237 g/mol. The summed E-state index contributed by atoms with van der Waals surface area (Å²) < 4.78 is 11.7. The van der Waals surface area contributed by atoms with Crippen LogP contribution in [0.5, 0.6) is 0 Å². The maximum absolute atomic E-state index is 9.57. The molecule has 1 heterocycles. The van der Waals surface area contributed by atoms with Gasteiger partial charge in [-0.1, -0.05) is 20.8 Å². The molecule has 0 N–H and O–H groups in total. The molecule has 0 aromatic heterocycles. The van der Waals surface area contributed by atoms with Gasteiger partial charge in [0.25, 0.3) is 0 Å². The van der Waals surface area contributed by atoms with Crippen LogP contribution in [0.2, 0.25) is 0 Å². The van der Waals surface area contributed by atoms with Gasteiger partial charge < -0.3 is 9.47 Å². The van der Waals surface area contributed by atoms with E-state index in [1.807, 2.05) is 0 Å². The van der Waals surface area contributed by atoms with Crippen molar-refractivity contribution in [3.63, 3.8) is 0 Å². The molecule has 2 rings (SSSR count). The fourth-order valence-corrected chi connectivity index (χ4v) is 2.97. The van der Waals surface area contributed by atoms with Gasteiger partial charge in [0, 0.05) is 12.0 Å². The van der Waals surface area contributed by atoms with Crippen molar-refractivity contribution in [3.05, 3.63) is 0 Å². The Hall–Kier alpha value is -0.590. The lowest BCUT2D eigenvalue weighted by atomic mass is 9.73. The summed E-state index contributed by atoms with van der Waals surface area (Å²) in [5.41, 5.74) is -0.753. The van der Waals surface area contributed by atoms with Crippen LogP contribution in [0.25, 0.3) is 0 Å². The van der Waals surface area contributed by atoms with Crippen molar-refractivity contribution >= 4 is 0 Å². The van der Waals surface area contributed by atoms with Crippen molar-refractivity contribution < 1.29 is 9.47 Å². The van der Waals surface area contributed by atoms with E-state index in [1.165, 1.54) is 0 Å². The summed E-state index contributed by atoms with van der Waals surface area (Å²) in [5.74, 6) is 0.519. The van der Waals surface area contributed by atoms with Gasteiger partial charge in [0.05, 0.1) is 6.07 Å². The molecule has 0 radical (unpaired) electrons. The maximum Gasteiger partial charge on any atom is 0.162 e. The van der Waals surface area contributed by atoms with Gasteiger partial charge in [-0.25, -0.2) is 0 Å². The Labute approximate surface area is 104 Å². The van der Waals surface area contributed by atoms with Gasteiger partial charge in [-0.05, 0) is 38.0 Å². The zero-order valence-electron chi connectivity index (χ0n) is 11.2. The van der Waals surface area contributed by atoms with Gasteiger partial charge in [-0.15, -0.1) is 0 Å². The van der Waals surface area contributed by atoms with Crippen LogP contribution < -0.4 is 0 Å². The Morgan fingerprint density at radius 2 is 2.06 bits per heavy atom. The largest absolute Gasteiger partial charge is 0.353 e. The third-order valence-corrected chi connectivity index (χ3v) is 4.85. The highest BCUT2D eigenvalue weighted by Gasteiger charge is 2.55. The molecule has 1 saturated heterocycles. The molecule has 0 aromatic carbocycles. The Bertz CT molecular complexity index is 315. The number of rotatable bonds is 2. The van der Waals surface area contributed by atoms with E-state index < -0.39 is 5.60 Å². The molecule has 3 atom stereocenters. The van der Waals surface area contributed by atoms with Gasteiger partial charge in [0.2, 0.25) is 0 Å². The summed E-state index contributed by atoms with van der Waals surface area (Å²) in [6.45, 7) is 7.28. The summed E-state index contributed by atoms with van der Waals surface area (Å²) in [5, 5.41) is 9.57. The SMILES string of the molecule is CC1CCC(C#N)(OC2CCCCO2)C1(C)C. The summed E-state index contributed by atoms with van der Waals surface area (Å²) in [4.78, 5) is 0. The minimum Gasteiger partial charge on any atom is -0.353 e. The van der Waals surface area contributed by atoms with Gasteiger partial charge >= 0.3 is 0 Å². The molecule has 1 saturated carbocycles. The standard InChI is InChI=1S/C14H23NO2/c1-11-7-8-14(10-15,13(11,2)3)17-12-6-4-5-9-16-12/h11-12H,4-9H2,1-3H3. The van der Waals surface area contributed by atoms with Crippen molar-refractivity contribution in [1.29, 1.82) is 5.26 Å². The number of ether oxygens (including phenoxy) is 2. The lowest BCUT2D eigenvalue weighted by Gasteiger charge is -2.40. The average molecular weight is 237 g/mol. The topological polar surface area (TPSA) is 42.2 Å². The zero-order valence-corrected chi connectivity index (χ0v) is 11.2. The van der Waals surface area contributed by atoms with Gasteiger partial charge in [0.15, 0.2) is 11.9 Å². The molecule has 0 amide bonds. The predicted molar refractivity (Wildman–Crippen MR) is 65.2 cm³/mol. The molecule has 17 heavy (non-hydrogen) atoms. The Morgan fingerprint density at radius 1 is 1.29 bits per heavy atom. The number of hydrogen-bond acceptors (Lipinski definition) is 3. The second-order valence-electron chi connectivity index (χ2n) is 6.01. The fraction of sp³-hybridized carbons (Fsp3) is 0.929. The van der Waals surface area contributed by atoms with Crippen molar-refractivity contribution in [2.75, 3.05) is 6.61 Å². The number of hydrogen-bond donors (Lipinski definition) is 0. The van der Waals surface area contributed by atoms with Gasteiger partial charge in [-0.2, -0.15) is 5.26 Å². The third kappa shape index (κ3) is 2.09. The highest BCUT2D eigenvalue weighted by Crippen LogP contribution is 2.52. The molecule has 96 valence electrons. The first-order chi connectivity index (χ1) is 8.02. The summed E-state index contributed by atoms with van der Waals surface area (Å²) in [6, 6.07) is 2.44. The Kier molecular flexibility index (Phi) is 3.47. The number of nitriles is 1. The van der Waals surface area contributed by atoms with Gasteiger partial charge in [0.1, 0.15) is 0 Å². The van der Waals surface area contributed by atoms with E-state index in [0.29, 0.717) is 5.92 Å². The van der Waals surface area contributed by atoms with Crippen LogP contribution in [0.15, 0.2) is 0 Å². The molecule has 1 aliphatic heterocycles. The van der Waals surface area contributed by atoms with E-state index in [1.54, 1.807) is 0 Å². The van der Waals surface area contributed by atoms with Crippen LogP contribution in [0.3, 0.4) is 0 Å². The molecule has 3 heteroatoms. The van der Waals surface area contributed by atoms with Crippen molar-refractivity contribution in [2.45, 2.75) is 64.8 Å². The summed E-state index contributed by atoms with van der Waals surface area (Å²) in [6.07, 6.45) is 4.90. The normalized spacial score (nSPS) is 41.1. The van der Waals surface area contributed by atoms with E-state index in [4.69, 9.17) is 9.47 Å². The van der Waals surface area contributed by atoms with Crippen LogP contribution in [0, 0.1) is 22.7 Å². The second-order valence-corrected chi connectivity index (χ2v) is 6.01. The smallest absolute Gasteiger partial charge is 0.162 e. The van der Waals surface area contributed by atoms with E-state index in [-0.39, 0.29) is 11.7 Å². The van der Waals surface area contributed by atoms with Crippen molar-refractivity contribution in [1.82, 2.24) is 0 Å². The Balaban J connectivity index is 2.12. The van der Waals surface area contributed by atoms with Crippen LogP contribution in [-0.2, 0) is 9.47 Å². The highest BCUT2D eigenvalue weighted by molar-refractivity contribution is 5.16. The molecular weight excluding hydrogens is 214 g/mol. The van der Waals surface area contributed by atoms with Crippen LogP contribution in [-0.4, -0.2) is 18.5 Å².